The molecule has 6 unspecified atom stereocenters. The molecule has 1 aliphatic heterocycles. The highest BCUT2D eigenvalue weighted by Crippen LogP contribution is 2.06. The monoisotopic (exact) mass is 431 g/mol. The zero-order valence-corrected chi connectivity index (χ0v) is 16.8. The van der Waals surface area contributed by atoms with Crippen LogP contribution >= 0.6 is 0 Å². The highest BCUT2D eigenvalue weighted by molar-refractivity contribution is 5.96. The Morgan fingerprint density at radius 2 is 1.57 bits per heavy atom. The Bertz CT molecular complexity index is 663. The minimum absolute atomic E-state index is 0.521. The summed E-state index contributed by atoms with van der Waals surface area (Å²) < 4.78 is 0. The first kappa shape index (κ1) is 25.3. The molecule has 0 aliphatic carbocycles. The van der Waals surface area contributed by atoms with E-state index in [0.29, 0.717) is 13.0 Å². The van der Waals surface area contributed by atoms with Gasteiger partial charge in [-0.3, -0.25) is 19.2 Å². The van der Waals surface area contributed by atoms with E-state index in [9.17, 15) is 34.2 Å². The summed E-state index contributed by atoms with van der Waals surface area (Å²) in [6.07, 6.45) is -2.14. The molecule has 0 aromatic rings. The number of hydrogen-bond donors (Lipinski definition) is 8. The Balaban J connectivity index is 2.89. The van der Waals surface area contributed by atoms with Crippen molar-refractivity contribution < 1.29 is 39.3 Å². The number of aliphatic hydroxyl groups excluding tert-OH is 2. The van der Waals surface area contributed by atoms with Gasteiger partial charge >= 0.3 is 5.97 Å². The average molecular weight is 431 g/mol. The molecule has 0 radical (unpaired) electrons. The van der Waals surface area contributed by atoms with Crippen molar-refractivity contribution in [2.24, 2.45) is 5.73 Å². The van der Waals surface area contributed by atoms with Crippen molar-refractivity contribution in [1.29, 1.82) is 0 Å². The zero-order chi connectivity index (χ0) is 23.0. The standard InChI is InChI=1S/C17H29N5O8/c1-7(23)12(16(28)22-13(8(2)24)17(29)30)21-15(27)10(6-11(18)25)20-14(26)9-4-3-5-19-9/h7-10,12-13,19,23-24H,3-6H2,1-2H3,(H2,18,25)(H,20,26)(H,21,27)(H,22,28)(H,29,30). The van der Waals surface area contributed by atoms with E-state index in [1.807, 2.05) is 5.32 Å². The van der Waals surface area contributed by atoms with E-state index in [1.165, 1.54) is 6.92 Å². The maximum Gasteiger partial charge on any atom is 0.328 e. The lowest BCUT2D eigenvalue weighted by Crippen LogP contribution is -2.61. The van der Waals surface area contributed by atoms with E-state index >= 15 is 0 Å². The van der Waals surface area contributed by atoms with Gasteiger partial charge in [-0.2, -0.15) is 0 Å². The topological polar surface area (TPSA) is 220 Å². The van der Waals surface area contributed by atoms with Gasteiger partial charge in [0, 0.05) is 0 Å². The fourth-order valence-electron chi connectivity index (χ4n) is 2.88. The second kappa shape index (κ2) is 11.4. The summed E-state index contributed by atoms with van der Waals surface area (Å²) in [5, 5.41) is 37.9. The number of primary amides is 1. The van der Waals surface area contributed by atoms with Crippen LogP contribution in [0, 0.1) is 0 Å². The molecule has 13 heteroatoms. The predicted molar refractivity (Wildman–Crippen MR) is 102 cm³/mol. The summed E-state index contributed by atoms with van der Waals surface area (Å²) in [4.78, 5) is 59.7. The Kier molecular flexibility index (Phi) is 9.62. The summed E-state index contributed by atoms with van der Waals surface area (Å²) in [5.41, 5.74) is 5.14. The third-order valence-electron chi connectivity index (χ3n) is 4.52. The summed E-state index contributed by atoms with van der Waals surface area (Å²) in [6.45, 7) is 2.94. The van der Waals surface area contributed by atoms with Gasteiger partial charge in [0.2, 0.25) is 23.6 Å². The van der Waals surface area contributed by atoms with E-state index in [-0.39, 0.29) is 0 Å². The van der Waals surface area contributed by atoms with Crippen LogP contribution in [0.2, 0.25) is 0 Å². The first-order valence-corrected chi connectivity index (χ1v) is 9.45. The maximum absolute atomic E-state index is 12.6. The highest BCUT2D eigenvalue weighted by atomic mass is 16.4. The SMILES string of the molecule is CC(O)C(NC(=O)C(NC(=O)C(CC(N)=O)NC(=O)C1CCCN1)C(C)O)C(=O)O. The van der Waals surface area contributed by atoms with Crippen LogP contribution in [0.4, 0.5) is 0 Å². The molecule has 1 heterocycles. The Hall–Kier alpha value is -2.77. The Labute approximate surface area is 172 Å². The molecular weight excluding hydrogens is 402 g/mol. The van der Waals surface area contributed by atoms with E-state index in [1.54, 1.807) is 0 Å². The van der Waals surface area contributed by atoms with E-state index in [2.05, 4.69) is 16.0 Å². The number of hydrogen-bond acceptors (Lipinski definition) is 8. The molecule has 0 saturated carbocycles. The number of amides is 4. The molecule has 6 atom stereocenters. The van der Waals surface area contributed by atoms with E-state index < -0.39 is 72.4 Å². The van der Waals surface area contributed by atoms with E-state index in [4.69, 9.17) is 10.8 Å². The molecule has 170 valence electrons. The van der Waals surface area contributed by atoms with Crippen molar-refractivity contribution in [2.75, 3.05) is 6.54 Å². The van der Waals surface area contributed by atoms with Crippen LogP contribution in [-0.4, -0.2) is 87.8 Å². The lowest BCUT2D eigenvalue weighted by molar-refractivity contribution is -0.146. The minimum atomic E-state index is -1.68. The van der Waals surface area contributed by atoms with Crippen LogP contribution in [0.1, 0.15) is 33.1 Å². The molecule has 0 bridgehead atoms. The molecule has 13 nitrogen and oxygen atoms in total. The highest BCUT2D eigenvalue weighted by Gasteiger charge is 2.34. The largest absolute Gasteiger partial charge is 0.480 e. The van der Waals surface area contributed by atoms with Crippen molar-refractivity contribution >= 4 is 29.6 Å². The number of carboxylic acids is 1. The van der Waals surface area contributed by atoms with Crippen LogP contribution < -0.4 is 27.0 Å². The third kappa shape index (κ3) is 7.57. The first-order valence-electron chi connectivity index (χ1n) is 9.45. The van der Waals surface area contributed by atoms with Crippen molar-refractivity contribution in [3.8, 4) is 0 Å². The molecule has 1 saturated heterocycles. The van der Waals surface area contributed by atoms with Gasteiger partial charge in [-0.1, -0.05) is 0 Å². The van der Waals surface area contributed by atoms with Crippen molar-refractivity contribution in [3.63, 3.8) is 0 Å². The average Bonchev–Trinajstić information content (AvgIpc) is 3.16. The minimum Gasteiger partial charge on any atom is -0.480 e. The third-order valence-corrected chi connectivity index (χ3v) is 4.52. The van der Waals surface area contributed by atoms with Crippen LogP contribution in [0.5, 0.6) is 0 Å². The molecule has 1 aliphatic rings. The van der Waals surface area contributed by atoms with Gasteiger partial charge in [-0.25, -0.2) is 4.79 Å². The Morgan fingerprint density at radius 3 is 2.00 bits per heavy atom. The number of carbonyl (C=O) groups is 5. The number of nitrogens with two attached hydrogens (primary N) is 1. The number of rotatable bonds is 11. The van der Waals surface area contributed by atoms with Gasteiger partial charge < -0.3 is 42.3 Å². The van der Waals surface area contributed by atoms with Crippen LogP contribution in [0.15, 0.2) is 0 Å². The fourth-order valence-corrected chi connectivity index (χ4v) is 2.88. The van der Waals surface area contributed by atoms with Crippen molar-refractivity contribution in [2.45, 2.75) is 69.5 Å². The molecule has 1 rings (SSSR count). The smallest absolute Gasteiger partial charge is 0.328 e. The number of carbonyl (C=O) groups excluding carboxylic acids is 4. The molecule has 0 aromatic carbocycles. The molecule has 9 N–H and O–H groups in total. The zero-order valence-electron chi connectivity index (χ0n) is 16.8. The molecule has 4 amide bonds. The number of aliphatic hydroxyl groups is 2. The van der Waals surface area contributed by atoms with Crippen molar-refractivity contribution in [1.82, 2.24) is 21.3 Å². The molecule has 0 aromatic heterocycles. The lowest BCUT2D eigenvalue weighted by Gasteiger charge is -2.26. The van der Waals surface area contributed by atoms with Gasteiger partial charge in [0.1, 0.15) is 12.1 Å². The molecule has 1 fully saturated rings. The van der Waals surface area contributed by atoms with Crippen LogP contribution in [0.3, 0.4) is 0 Å². The number of aliphatic carboxylic acids is 1. The summed E-state index contributed by atoms with van der Waals surface area (Å²) in [7, 11) is 0. The second-order valence-electron chi connectivity index (χ2n) is 7.17. The first-order chi connectivity index (χ1) is 13.9. The summed E-state index contributed by atoms with van der Waals surface area (Å²) in [6, 6.07) is -5.23. The predicted octanol–water partition coefficient (Wildman–Crippen LogP) is -4.09. The quantitative estimate of drug-likeness (QED) is 0.159. The van der Waals surface area contributed by atoms with Gasteiger partial charge in [0.25, 0.3) is 0 Å². The summed E-state index contributed by atoms with van der Waals surface area (Å²) in [5.74, 6) is -4.96. The van der Waals surface area contributed by atoms with Gasteiger partial charge in [0.15, 0.2) is 6.04 Å². The van der Waals surface area contributed by atoms with Gasteiger partial charge in [0.05, 0.1) is 24.7 Å². The van der Waals surface area contributed by atoms with Crippen LogP contribution in [0.25, 0.3) is 0 Å². The second-order valence-corrected chi connectivity index (χ2v) is 7.17. The fraction of sp³-hybridized carbons (Fsp3) is 0.706. The van der Waals surface area contributed by atoms with Gasteiger partial charge in [-0.15, -0.1) is 0 Å². The maximum atomic E-state index is 12.6. The van der Waals surface area contributed by atoms with E-state index in [0.717, 1.165) is 13.3 Å². The number of nitrogens with one attached hydrogen (secondary N) is 4. The Morgan fingerprint density at radius 1 is 1.00 bits per heavy atom. The molecule has 0 spiro atoms. The molecule has 30 heavy (non-hydrogen) atoms. The summed E-state index contributed by atoms with van der Waals surface area (Å²) >= 11 is 0. The normalized spacial score (nSPS) is 20.9. The number of carboxylic acid groups (broad SMARTS) is 1. The molecular formula is C17H29N5O8. The van der Waals surface area contributed by atoms with Gasteiger partial charge in [-0.05, 0) is 33.2 Å². The van der Waals surface area contributed by atoms with Crippen molar-refractivity contribution in [3.05, 3.63) is 0 Å². The lowest BCUT2D eigenvalue weighted by atomic mass is 10.1. The van der Waals surface area contributed by atoms with Crippen LogP contribution in [-0.2, 0) is 24.0 Å².